The van der Waals surface area contributed by atoms with Crippen LogP contribution in [0, 0.1) is 0 Å². The van der Waals surface area contributed by atoms with Crippen molar-refractivity contribution in [1.82, 2.24) is 15.1 Å². The molecule has 0 radical (unpaired) electrons. The van der Waals surface area contributed by atoms with Crippen LogP contribution in [0.4, 0.5) is 13.2 Å². The summed E-state index contributed by atoms with van der Waals surface area (Å²) in [6.07, 6.45) is 0.715. The van der Waals surface area contributed by atoms with Gasteiger partial charge in [-0.1, -0.05) is 12.1 Å². The summed E-state index contributed by atoms with van der Waals surface area (Å²) < 4.78 is 41.0. The first-order valence-corrected chi connectivity index (χ1v) is 9.91. The molecule has 1 aromatic heterocycles. The van der Waals surface area contributed by atoms with Gasteiger partial charge in [0.1, 0.15) is 0 Å². The van der Waals surface area contributed by atoms with Gasteiger partial charge in [-0.15, -0.1) is 0 Å². The van der Waals surface area contributed by atoms with Crippen molar-refractivity contribution in [3.05, 3.63) is 63.1 Å². The lowest BCUT2D eigenvalue weighted by Gasteiger charge is -2.30. The first-order chi connectivity index (χ1) is 13.8. The van der Waals surface area contributed by atoms with E-state index in [1.807, 2.05) is 0 Å². The first-order valence-electron chi connectivity index (χ1n) is 9.91. The zero-order valence-electron chi connectivity index (χ0n) is 15.8. The Morgan fingerprint density at radius 2 is 1.83 bits per heavy atom. The number of aromatic nitrogens is 2. The maximum absolute atomic E-state index is 13.1. The Kier molecular flexibility index (Phi) is 5.19. The molecule has 0 spiro atoms. The standard InChI is InChI=1S/C21H22F3N3O2/c22-21(23,24)17-6-2-1-5-16(17)20(29)25-14-8-10-15(11-9-14)27-19(28)12-13-4-3-7-18(13)26-27/h1-2,5-6,12,14-15H,3-4,7-11H2,(H,25,29). The van der Waals surface area contributed by atoms with Crippen LogP contribution in [0.1, 0.15) is 65.3 Å². The molecule has 0 saturated heterocycles. The number of carbonyl (C=O) groups excluding carboxylic acids is 1. The molecule has 1 fully saturated rings. The molecule has 5 nitrogen and oxygen atoms in total. The molecule has 29 heavy (non-hydrogen) atoms. The number of fused-ring (bicyclic) bond motifs is 1. The van der Waals surface area contributed by atoms with E-state index in [4.69, 9.17) is 0 Å². The molecular formula is C21H22F3N3O2. The molecule has 0 atom stereocenters. The van der Waals surface area contributed by atoms with Gasteiger partial charge in [0.05, 0.1) is 22.9 Å². The van der Waals surface area contributed by atoms with Gasteiger partial charge in [0.25, 0.3) is 11.5 Å². The molecule has 4 rings (SSSR count). The summed E-state index contributed by atoms with van der Waals surface area (Å²) in [4.78, 5) is 24.8. The maximum Gasteiger partial charge on any atom is 0.417 e. The van der Waals surface area contributed by atoms with Gasteiger partial charge in [-0.2, -0.15) is 18.3 Å². The van der Waals surface area contributed by atoms with E-state index in [0.717, 1.165) is 36.6 Å². The SMILES string of the molecule is O=C(NC1CCC(n2nc3c(cc2=O)CCC3)CC1)c1ccccc1C(F)(F)F. The quantitative estimate of drug-likeness (QED) is 0.848. The lowest BCUT2D eigenvalue weighted by molar-refractivity contribution is -0.137. The molecule has 0 unspecified atom stereocenters. The Balaban J connectivity index is 1.41. The molecule has 2 aliphatic carbocycles. The molecule has 1 saturated carbocycles. The molecule has 1 heterocycles. The van der Waals surface area contributed by atoms with Crippen molar-refractivity contribution in [2.45, 2.75) is 63.2 Å². The smallest absolute Gasteiger partial charge is 0.349 e. The number of rotatable bonds is 3. The number of carbonyl (C=O) groups is 1. The summed E-state index contributed by atoms with van der Waals surface area (Å²) in [5.74, 6) is -0.714. The Hall–Kier alpha value is -2.64. The molecule has 0 aliphatic heterocycles. The average Bonchev–Trinajstić information content (AvgIpc) is 3.14. The maximum atomic E-state index is 13.1. The van der Waals surface area contributed by atoms with Crippen molar-refractivity contribution in [2.24, 2.45) is 0 Å². The summed E-state index contributed by atoms with van der Waals surface area (Å²) in [5.41, 5.74) is 0.635. The van der Waals surface area contributed by atoms with E-state index in [-0.39, 0.29) is 23.2 Å². The molecule has 1 amide bonds. The molecule has 2 aliphatic rings. The molecular weight excluding hydrogens is 383 g/mol. The van der Waals surface area contributed by atoms with Crippen molar-refractivity contribution in [3.8, 4) is 0 Å². The Morgan fingerprint density at radius 3 is 2.55 bits per heavy atom. The number of hydrogen-bond donors (Lipinski definition) is 1. The molecule has 0 bridgehead atoms. The van der Waals surface area contributed by atoms with Gasteiger partial charge < -0.3 is 5.32 Å². The summed E-state index contributed by atoms with van der Waals surface area (Å²) in [6, 6.07) is 6.22. The number of halogens is 3. The fourth-order valence-corrected chi connectivity index (χ4v) is 4.33. The van der Waals surface area contributed by atoms with Crippen molar-refractivity contribution >= 4 is 5.91 Å². The van der Waals surface area contributed by atoms with Crippen molar-refractivity contribution < 1.29 is 18.0 Å². The highest BCUT2D eigenvalue weighted by Crippen LogP contribution is 2.32. The van der Waals surface area contributed by atoms with Crippen LogP contribution >= 0.6 is 0 Å². The lowest BCUT2D eigenvalue weighted by atomic mass is 9.91. The normalized spacial score (nSPS) is 21.6. The largest absolute Gasteiger partial charge is 0.417 e. The number of amides is 1. The molecule has 1 aromatic carbocycles. The van der Waals surface area contributed by atoms with Gasteiger partial charge >= 0.3 is 6.18 Å². The second kappa shape index (κ2) is 7.65. The predicted octanol–water partition coefficient (Wildman–Crippen LogP) is 3.66. The van der Waals surface area contributed by atoms with Gasteiger partial charge in [0.15, 0.2) is 0 Å². The summed E-state index contributed by atoms with van der Waals surface area (Å²) in [7, 11) is 0. The topological polar surface area (TPSA) is 64.0 Å². The van der Waals surface area contributed by atoms with Crippen LogP contribution in [0.25, 0.3) is 0 Å². The van der Waals surface area contributed by atoms with Crippen LogP contribution in [0.3, 0.4) is 0 Å². The third kappa shape index (κ3) is 4.06. The zero-order chi connectivity index (χ0) is 20.6. The van der Waals surface area contributed by atoms with Crippen molar-refractivity contribution in [1.29, 1.82) is 0 Å². The molecule has 1 N–H and O–H groups in total. The van der Waals surface area contributed by atoms with Crippen LogP contribution in [-0.4, -0.2) is 21.7 Å². The fourth-order valence-electron chi connectivity index (χ4n) is 4.33. The van der Waals surface area contributed by atoms with Gasteiger partial charge in [0, 0.05) is 12.1 Å². The van der Waals surface area contributed by atoms with E-state index in [0.29, 0.717) is 25.7 Å². The van der Waals surface area contributed by atoms with E-state index >= 15 is 0 Å². The van der Waals surface area contributed by atoms with Gasteiger partial charge in [-0.25, -0.2) is 4.68 Å². The van der Waals surface area contributed by atoms with Crippen LogP contribution in [-0.2, 0) is 19.0 Å². The third-order valence-electron chi connectivity index (χ3n) is 5.84. The monoisotopic (exact) mass is 405 g/mol. The minimum atomic E-state index is -4.58. The van der Waals surface area contributed by atoms with Crippen molar-refractivity contribution in [3.63, 3.8) is 0 Å². The van der Waals surface area contributed by atoms with Crippen LogP contribution < -0.4 is 10.9 Å². The second-order valence-electron chi connectivity index (χ2n) is 7.77. The minimum absolute atomic E-state index is 0.0380. The Morgan fingerprint density at radius 1 is 1.10 bits per heavy atom. The van der Waals surface area contributed by atoms with Crippen LogP contribution in [0.2, 0.25) is 0 Å². The van der Waals surface area contributed by atoms with Crippen LogP contribution in [0.15, 0.2) is 35.1 Å². The highest BCUT2D eigenvalue weighted by molar-refractivity contribution is 5.96. The van der Waals surface area contributed by atoms with E-state index in [9.17, 15) is 22.8 Å². The second-order valence-corrected chi connectivity index (χ2v) is 7.77. The predicted molar refractivity (Wildman–Crippen MR) is 101 cm³/mol. The Bertz CT molecular complexity index is 976. The molecule has 8 heteroatoms. The number of benzene rings is 1. The van der Waals surface area contributed by atoms with Crippen LogP contribution in [0.5, 0.6) is 0 Å². The third-order valence-corrected chi connectivity index (χ3v) is 5.84. The highest BCUT2D eigenvalue weighted by Gasteiger charge is 2.35. The summed E-state index contributed by atoms with van der Waals surface area (Å²) in [5, 5.41) is 7.27. The van der Waals surface area contributed by atoms with Gasteiger partial charge in [-0.05, 0) is 62.6 Å². The zero-order valence-corrected chi connectivity index (χ0v) is 15.8. The van der Waals surface area contributed by atoms with E-state index in [2.05, 4.69) is 10.4 Å². The number of nitrogens with one attached hydrogen (secondary N) is 1. The number of aryl methyl sites for hydroxylation is 2. The lowest BCUT2D eigenvalue weighted by Crippen LogP contribution is -2.40. The van der Waals surface area contributed by atoms with E-state index < -0.39 is 17.6 Å². The highest BCUT2D eigenvalue weighted by atomic mass is 19.4. The van der Waals surface area contributed by atoms with E-state index in [1.54, 1.807) is 10.7 Å². The number of nitrogens with zero attached hydrogens (tertiary/aromatic N) is 2. The minimum Gasteiger partial charge on any atom is -0.349 e. The molecule has 154 valence electrons. The molecule has 2 aromatic rings. The van der Waals surface area contributed by atoms with E-state index in [1.165, 1.54) is 18.2 Å². The Labute approximate surface area is 165 Å². The van der Waals surface area contributed by atoms with Crippen molar-refractivity contribution in [2.75, 3.05) is 0 Å². The first kappa shape index (κ1) is 19.7. The summed E-state index contributed by atoms with van der Waals surface area (Å²) in [6.45, 7) is 0. The number of alkyl halides is 3. The fraction of sp³-hybridized carbons (Fsp3) is 0.476. The van der Waals surface area contributed by atoms with Gasteiger partial charge in [0.2, 0.25) is 0 Å². The average molecular weight is 405 g/mol. The van der Waals surface area contributed by atoms with Gasteiger partial charge in [-0.3, -0.25) is 9.59 Å². The number of hydrogen-bond acceptors (Lipinski definition) is 3. The summed E-state index contributed by atoms with van der Waals surface area (Å²) >= 11 is 0.